The third-order valence-electron chi connectivity index (χ3n) is 16.3. The zero-order valence-electron chi connectivity index (χ0n) is 54.4. The summed E-state index contributed by atoms with van der Waals surface area (Å²) >= 11 is 1.69. The summed E-state index contributed by atoms with van der Waals surface area (Å²) in [6, 6.07) is 99.5. The molecule has 14 rings (SSSR count). The summed E-state index contributed by atoms with van der Waals surface area (Å²) in [5.41, 5.74) is 12.1. The van der Waals surface area contributed by atoms with E-state index in [9.17, 15) is 0 Å². The fraction of sp³-hybridized carbons (Fsp3) is 0.0976. The van der Waals surface area contributed by atoms with Crippen LogP contribution >= 0.6 is 11.8 Å². The molecule has 12 nitrogen and oxygen atoms in total. The molecular formula is C82H70N10O2Pt2S-6. The third kappa shape index (κ3) is 17.9. The number of pyridine rings is 2. The number of anilines is 6. The van der Waals surface area contributed by atoms with Gasteiger partial charge in [0.2, 0.25) is 0 Å². The number of para-hydroxylation sites is 4. The number of ether oxygens (including phenoxy) is 2. The molecule has 10 aromatic carbocycles. The minimum Gasteiger partial charge on any atom is -0.502 e. The fourth-order valence-electron chi connectivity index (χ4n) is 10.8. The summed E-state index contributed by atoms with van der Waals surface area (Å²) in [7, 11) is 4.03. The van der Waals surface area contributed by atoms with Gasteiger partial charge in [-0.3, -0.25) is 0 Å². The van der Waals surface area contributed by atoms with E-state index in [4.69, 9.17) is 9.47 Å². The monoisotopic (exact) mass is 1650 g/mol. The Kier molecular flexibility index (Phi) is 23.8. The summed E-state index contributed by atoms with van der Waals surface area (Å²) in [5.74, 6) is 5.06. The van der Waals surface area contributed by atoms with Crippen LogP contribution in [0.3, 0.4) is 0 Å². The molecule has 0 bridgehead atoms. The Morgan fingerprint density at radius 1 is 0.402 bits per heavy atom. The van der Waals surface area contributed by atoms with Gasteiger partial charge < -0.3 is 49.7 Å². The second-order valence-electron chi connectivity index (χ2n) is 23.4. The molecule has 0 aliphatic carbocycles. The van der Waals surface area contributed by atoms with Crippen molar-refractivity contribution in [3.05, 3.63) is 350 Å². The molecule has 0 spiro atoms. The standard InChI is InChI=1S/C56H48N4O2S.2C13H11N3.2Pt/c1-55(2,41-15-23-47(24-16-41)59-39-57-45-11-7-5-8-12-45)43-19-27-49(28-20-43)61-51-31-35-53(36-32-51)63-54-37-33-52(34-38-54)62-50-29-21-44(22-30-50)56(3,4)42-17-25-48(26-18-42)60-40-58-46-13-9-6-10-14-46;2*1-15-10-16(11-6-3-2-4-7-11)13-12(15)8-5-9-14-13;;/h5-40H,1-4H3;2*2-6,8-10H,1H3;;/q3*-2;;. The number of nitrogens with zero attached hydrogens (tertiary/aromatic N) is 10. The van der Waals surface area contributed by atoms with Crippen LogP contribution in [0.25, 0.3) is 10.6 Å². The summed E-state index contributed by atoms with van der Waals surface area (Å²) < 4.78 is 12.5. The Hall–Kier alpha value is -10.0. The van der Waals surface area contributed by atoms with Gasteiger partial charge in [0.1, 0.15) is 34.6 Å². The molecular weight excluding hydrogens is 1580 g/mol. The van der Waals surface area contributed by atoms with Gasteiger partial charge in [-0.05, 0) is 156 Å². The minimum atomic E-state index is -0.200. The van der Waals surface area contributed by atoms with Crippen LogP contribution in [0.2, 0.25) is 0 Å². The number of aromatic nitrogens is 2. The zero-order valence-corrected chi connectivity index (χ0v) is 59.7. The van der Waals surface area contributed by atoms with Crippen molar-refractivity contribution in [3.63, 3.8) is 0 Å². The molecule has 0 radical (unpaired) electrons. The molecule has 2 aromatic heterocycles. The minimum absolute atomic E-state index is 0. The normalized spacial score (nSPS) is 12.3. The van der Waals surface area contributed by atoms with Gasteiger partial charge in [0.15, 0.2) is 0 Å². The summed E-state index contributed by atoms with van der Waals surface area (Å²) in [6.07, 6.45) is 6.81. The topological polar surface area (TPSA) is 110 Å². The van der Waals surface area contributed by atoms with Crippen molar-refractivity contribution in [3.8, 4) is 23.0 Å². The summed E-state index contributed by atoms with van der Waals surface area (Å²) in [4.78, 5) is 28.0. The number of fused-ring (bicyclic) bond motifs is 2. The first-order valence-electron chi connectivity index (χ1n) is 31.2. The molecule has 0 saturated heterocycles. The zero-order chi connectivity index (χ0) is 65.4. The van der Waals surface area contributed by atoms with E-state index in [1.807, 2.05) is 244 Å². The fourth-order valence-corrected chi connectivity index (χ4v) is 11.6. The Morgan fingerprint density at radius 2 is 0.732 bits per heavy atom. The first kappa shape index (κ1) is 69.8. The van der Waals surface area contributed by atoms with E-state index < -0.39 is 0 Å². The van der Waals surface area contributed by atoms with Crippen molar-refractivity contribution in [1.29, 1.82) is 0 Å². The van der Waals surface area contributed by atoms with Crippen LogP contribution in [0.15, 0.2) is 311 Å². The summed E-state index contributed by atoms with van der Waals surface area (Å²) in [5, 5.41) is 8.99. The van der Waals surface area contributed by atoms with Gasteiger partial charge in [-0.2, -0.15) is 74.0 Å². The molecule has 0 unspecified atom stereocenters. The van der Waals surface area contributed by atoms with Gasteiger partial charge in [0.25, 0.3) is 0 Å². The average molecular weight is 1650 g/mol. The van der Waals surface area contributed by atoms with Crippen LogP contribution in [0.4, 0.5) is 57.1 Å². The van der Waals surface area contributed by atoms with E-state index >= 15 is 0 Å². The maximum atomic E-state index is 6.23. The predicted molar refractivity (Wildman–Crippen MR) is 391 cm³/mol. The number of hydrogen-bond acceptors (Lipinski definition) is 11. The number of hydrogen-bond donors (Lipinski definition) is 0. The SMILES string of the molecule is CC(C)(c1ccc([N-]C=Nc2ccccc2)cc1)c1ccc(Oc2ccc(Sc3ccc(Oc4ccc(C(C)(C)c5ccc([N-]C=Nc6ccccc6)cc5)cc4)cc3)cc2)cc1.CN1[CH-]N(c2[c-]cccc2)c2ncccc21.CN1[CH-]N(c2[c-]cccc2)c2ncccc21.[Pt].[Pt]. The van der Waals surface area contributed by atoms with Crippen LogP contribution in [-0.2, 0) is 53.0 Å². The maximum absolute atomic E-state index is 6.23. The molecule has 0 fully saturated rings. The van der Waals surface area contributed by atoms with E-state index in [2.05, 4.69) is 165 Å². The van der Waals surface area contributed by atoms with Gasteiger partial charge in [0.05, 0.1) is 0 Å². The number of aliphatic imine (C=N–C) groups is 2. The van der Waals surface area contributed by atoms with Gasteiger partial charge in [-0.1, -0.05) is 186 Å². The van der Waals surface area contributed by atoms with E-state index in [0.29, 0.717) is 0 Å². The van der Waals surface area contributed by atoms with E-state index in [1.54, 1.807) is 24.4 Å². The maximum Gasteiger partial charge on any atom is 0.127 e. The van der Waals surface area contributed by atoms with Crippen LogP contribution in [0.1, 0.15) is 49.9 Å². The Bertz CT molecular complexity index is 4170. The van der Waals surface area contributed by atoms with Gasteiger partial charge in [-0.15, -0.1) is 11.4 Å². The van der Waals surface area contributed by atoms with Crippen molar-refractivity contribution in [2.24, 2.45) is 9.98 Å². The number of rotatable bonds is 18. The molecule has 0 atom stereocenters. The van der Waals surface area contributed by atoms with Crippen LogP contribution in [-0.4, -0.2) is 36.7 Å². The molecule has 15 heteroatoms. The molecule has 97 heavy (non-hydrogen) atoms. The Labute approximate surface area is 603 Å². The molecule has 492 valence electrons. The van der Waals surface area contributed by atoms with Crippen molar-refractivity contribution >= 4 is 81.6 Å². The Morgan fingerprint density at radius 3 is 1.07 bits per heavy atom. The van der Waals surface area contributed by atoms with Crippen molar-refractivity contribution in [1.82, 2.24) is 9.97 Å². The first-order valence-corrected chi connectivity index (χ1v) is 32.0. The first-order chi connectivity index (χ1) is 46.4. The molecule has 0 saturated carbocycles. The Balaban J connectivity index is 0.000000241. The number of benzene rings is 10. The van der Waals surface area contributed by atoms with Crippen LogP contribution in [0.5, 0.6) is 23.0 Å². The molecule has 0 N–H and O–H groups in total. The second-order valence-corrected chi connectivity index (χ2v) is 24.6. The van der Waals surface area contributed by atoms with Crippen molar-refractivity contribution in [2.45, 2.75) is 48.3 Å². The van der Waals surface area contributed by atoms with Crippen molar-refractivity contribution in [2.75, 3.05) is 33.7 Å². The van der Waals surface area contributed by atoms with Gasteiger partial charge in [0, 0.05) is 86.5 Å². The molecule has 2 aliphatic heterocycles. The smallest absolute Gasteiger partial charge is 0.127 e. The van der Waals surface area contributed by atoms with Crippen LogP contribution < -0.4 is 29.1 Å². The molecule has 2 aliphatic rings. The molecule has 4 heterocycles. The van der Waals surface area contributed by atoms with Gasteiger partial charge >= 0.3 is 0 Å². The van der Waals surface area contributed by atoms with E-state index in [-0.39, 0.29) is 53.0 Å². The largest absolute Gasteiger partial charge is 0.502 e. The molecule has 0 amide bonds. The predicted octanol–water partition coefficient (Wildman–Crippen LogP) is 22.0. The third-order valence-corrected chi connectivity index (χ3v) is 17.3. The van der Waals surface area contributed by atoms with Gasteiger partial charge in [-0.25, -0.2) is 9.97 Å². The second kappa shape index (κ2) is 33.1. The molecule has 12 aromatic rings. The van der Waals surface area contributed by atoms with E-state index in [1.165, 1.54) is 22.3 Å². The quantitative estimate of drug-likeness (QED) is 0.0471. The van der Waals surface area contributed by atoms with Crippen LogP contribution in [0, 0.1) is 25.5 Å². The van der Waals surface area contributed by atoms with E-state index in [0.717, 1.165) is 89.9 Å². The average Bonchev–Trinajstić information content (AvgIpc) is 1.76. The van der Waals surface area contributed by atoms with Crippen molar-refractivity contribution < 1.29 is 51.6 Å². The summed E-state index contributed by atoms with van der Waals surface area (Å²) in [6.45, 7) is 13.0.